The fourth-order valence-electron chi connectivity index (χ4n) is 2.18. The van der Waals surface area contributed by atoms with Crippen LogP contribution in [0.25, 0.3) is 0 Å². The Labute approximate surface area is 137 Å². The molecule has 1 atom stereocenters. The van der Waals surface area contributed by atoms with Gasteiger partial charge in [0.05, 0.1) is 16.6 Å². The summed E-state index contributed by atoms with van der Waals surface area (Å²) in [6.45, 7) is 0. The van der Waals surface area contributed by atoms with Crippen molar-refractivity contribution in [2.45, 2.75) is 23.0 Å². The summed E-state index contributed by atoms with van der Waals surface area (Å²) in [7, 11) is -3.71. The van der Waals surface area contributed by atoms with E-state index >= 15 is 0 Å². The average Bonchev–Trinajstić information content (AvgIpc) is 2.47. The second-order valence-corrected chi connectivity index (χ2v) is 8.05. The van der Waals surface area contributed by atoms with Crippen molar-refractivity contribution in [2.24, 2.45) is 0 Å². The lowest BCUT2D eigenvalue weighted by molar-refractivity contribution is -0.137. The van der Waals surface area contributed by atoms with Gasteiger partial charge >= 0.3 is 5.97 Å². The maximum absolute atomic E-state index is 12.7. The van der Waals surface area contributed by atoms with Gasteiger partial charge in [-0.3, -0.25) is 4.79 Å². The van der Waals surface area contributed by atoms with Crippen molar-refractivity contribution in [3.63, 3.8) is 0 Å². The second kappa shape index (κ2) is 7.07. The fourth-order valence-corrected chi connectivity index (χ4v) is 4.12. The summed E-state index contributed by atoms with van der Waals surface area (Å²) in [5.74, 6) is -1.12. The largest absolute Gasteiger partial charge is 0.481 e. The van der Waals surface area contributed by atoms with Crippen LogP contribution < -0.4 is 0 Å². The Hall–Kier alpha value is -1.66. The van der Waals surface area contributed by atoms with E-state index in [-0.39, 0.29) is 11.3 Å². The van der Waals surface area contributed by atoms with Crippen LogP contribution in [-0.4, -0.2) is 24.7 Å². The van der Waals surface area contributed by atoms with Gasteiger partial charge in [-0.1, -0.05) is 46.3 Å². The molecule has 0 aliphatic heterocycles. The number of hydrogen-bond acceptors (Lipinski definition) is 3. The molecule has 2 rings (SSSR count). The standard InChI is InChI=1S/C16H15BrO4S/c17-13-6-8-14(9-7-13)22(20,21)15(11-16(18)19)10-12-4-2-1-3-5-12/h1-9,15H,10-11H2,(H,18,19). The van der Waals surface area contributed by atoms with E-state index in [9.17, 15) is 13.2 Å². The average molecular weight is 383 g/mol. The first-order chi connectivity index (χ1) is 10.4. The molecule has 0 bridgehead atoms. The van der Waals surface area contributed by atoms with E-state index in [1.54, 1.807) is 36.4 Å². The molecule has 1 N–H and O–H groups in total. The quantitative estimate of drug-likeness (QED) is 0.831. The lowest BCUT2D eigenvalue weighted by Crippen LogP contribution is -2.27. The molecule has 0 fully saturated rings. The van der Waals surface area contributed by atoms with E-state index in [1.807, 2.05) is 6.07 Å². The molecule has 6 heteroatoms. The lowest BCUT2D eigenvalue weighted by Gasteiger charge is -2.16. The van der Waals surface area contributed by atoms with E-state index in [4.69, 9.17) is 5.11 Å². The Bertz CT molecular complexity index is 739. The Balaban J connectivity index is 2.35. The van der Waals surface area contributed by atoms with Gasteiger partial charge in [0, 0.05) is 4.47 Å². The maximum Gasteiger partial charge on any atom is 0.304 e. The highest BCUT2D eigenvalue weighted by molar-refractivity contribution is 9.10. The van der Waals surface area contributed by atoms with E-state index < -0.39 is 27.5 Å². The second-order valence-electron chi connectivity index (χ2n) is 4.91. The number of hydrogen-bond donors (Lipinski definition) is 1. The highest BCUT2D eigenvalue weighted by Gasteiger charge is 2.29. The van der Waals surface area contributed by atoms with Crippen LogP contribution in [0.3, 0.4) is 0 Å². The van der Waals surface area contributed by atoms with Gasteiger partial charge in [0.25, 0.3) is 0 Å². The summed E-state index contributed by atoms with van der Waals surface area (Å²) in [5.41, 5.74) is 0.800. The van der Waals surface area contributed by atoms with Gasteiger partial charge in [-0.05, 0) is 36.2 Å². The number of carboxylic acids is 1. The summed E-state index contributed by atoms with van der Waals surface area (Å²) in [6.07, 6.45) is -0.251. The first-order valence-electron chi connectivity index (χ1n) is 6.65. The van der Waals surface area contributed by atoms with Crippen molar-refractivity contribution in [1.29, 1.82) is 0 Å². The molecule has 0 heterocycles. The van der Waals surface area contributed by atoms with Gasteiger partial charge < -0.3 is 5.11 Å². The SMILES string of the molecule is O=C(O)CC(Cc1ccccc1)S(=O)(=O)c1ccc(Br)cc1. The van der Waals surface area contributed by atoms with Crippen LogP contribution in [0.15, 0.2) is 64.0 Å². The summed E-state index contributed by atoms with van der Waals surface area (Å²) in [5, 5.41) is 8.05. The zero-order chi connectivity index (χ0) is 16.2. The zero-order valence-corrected chi connectivity index (χ0v) is 14.0. The smallest absolute Gasteiger partial charge is 0.304 e. The molecule has 0 amide bonds. The summed E-state index contributed by atoms with van der Waals surface area (Å²) in [4.78, 5) is 11.2. The van der Waals surface area contributed by atoms with Gasteiger partial charge in [-0.15, -0.1) is 0 Å². The molecule has 4 nitrogen and oxygen atoms in total. The minimum Gasteiger partial charge on any atom is -0.481 e. The van der Waals surface area contributed by atoms with E-state index in [1.165, 1.54) is 12.1 Å². The molecule has 0 radical (unpaired) electrons. The predicted molar refractivity (Wildman–Crippen MR) is 87.5 cm³/mol. The van der Waals surface area contributed by atoms with Crippen molar-refractivity contribution in [3.8, 4) is 0 Å². The molecule has 2 aromatic carbocycles. The fraction of sp³-hybridized carbons (Fsp3) is 0.188. The molecule has 0 aliphatic carbocycles. The minimum atomic E-state index is -3.71. The Morgan fingerprint density at radius 2 is 1.64 bits per heavy atom. The first kappa shape index (κ1) is 16.7. The number of benzene rings is 2. The number of carboxylic acid groups (broad SMARTS) is 1. The number of sulfone groups is 1. The molecule has 0 saturated carbocycles. The Kier molecular flexibility index (Phi) is 5.37. The van der Waals surface area contributed by atoms with E-state index in [0.29, 0.717) is 0 Å². The van der Waals surface area contributed by atoms with Gasteiger partial charge in [0.1, 0.15) is 0 Å². The van der Waals surface area contributed by atoms with Crippen LogP contribution in [0.2, 0.25) is 0 Å². The predicted octanol–water partition coefficient (Wildman–Crippen LogP) is 3.31. The van der Waals surface area contributed by atoms with Crippen molar-refractivity contribution in [1.82, 2.24) is 0 Å². The van der Waals surface area contributed by atoms with Crippen molar-refractivity contribution >= 4 is 31.7 Å². The third-order valence-electron chi connectivity index (χ3n) is 3.29. The van der Waals surface area contributed by atoms with Crippen LogP contribution in [0.4, 0.5) is 0 Å². The van der Waals surface area contributed by atoms with E-state index in [2.05, 4.69) is 15.9 Å². The summed E-state index contributed by atoms with van der Waals surface area (Å²) in [6, 6.07) is 15.3. The van der Waals surface area contributed by atoms with Crippen molar-refractivity contribution in [2.75, 3.05) is 0 Å². The third-order valence-corrected chi connectivity index (χ3v) is 5.96. The number of aliphatic carboxylic acids is 1. The van der Waals surface area contributed by atoms with E-state index in [0.717, 1.165) is 10.0 Å². The molecule has 0 aliphatic rings. The Morgan fingerprint density at radius 3 is 2.18 bits per heavy atom. The normalized spacial score (nSPS) is 12.8. The van der Waals surface area contributed by atoms with Gasteiger partial charge in [0.15, 0.2) is 9.84 Å². The molecule has 0 saturated heterocycles. The highest BCUT2D eigenvalue weighted by atomic mass is 79.9. The zero-order valence-electron chi connectivity index (χ0n) is 11.6. The number of rotatable bonds is 6. The van der Waals surface area contributed by atoms with Gasteiger partial charge in [-0.2, -0.15) is 0 Å². The topological polar surface area (TPSA) is 71.4 Å². The molecule has 0 spiro atoms. The number of halogens is 1. The third kappa shape index (κ3) is 4.18. The van der Waals surface area contributed by atoms with Crippen LogP contribution in [0.5, 0.6) is 0 Å². The lowest BCUT2D eigenvalue weighted by atomic mass is 10.1. The molecular formula is C16H15BrO4S. The Morgan fingerprint density at radius 1 is 1.05 bits per heavy atom. The minimum absolute atomic E-state index is 0.137. The van der Waals surface area contributed by atoms with Crippen LogP contribution in [0.1, 0.15) is 12.0 Å². The highest BCUT2D eigenvalue weighted by Crippen LogP contribution is 2.23. The van der Waals surface area contributed by atoms with Gasteiger partial charge in [-0.25, -0.2) is 8.42 Å². The van der Waals surface area contributed by atoms with Crippen LogP contribution in [-0.2, 0) is 21.1 Å². The molecular weight excluding hydrogens is 368 g/mol. The summed E-state index contributed by atoms with van der Waals surface area (Å²) >= 11 is 3.25. The molecule has 0 aromatic heterocycles. The maximum atomic E-state index is 12.7. The number of carbonyl (C=O) groups is 1. The first-order valence-corrected chi connectivity index (χ1v) is 8.98. The van der Waals surface area contributed by atoms with Crippen LogP contribution >= 0.6 is 15.9 Å². The molecule has 116 valence electrons. The molecule has 1 unspecified atom stereocenters. The van der Waals surface area contributed by atoms with Crippen LogP contribution in [0, 0.1) is 0 Å². The molecule has 2 aromatic rings. The summed E-state index contributed by atoms with van der Waals surface area (Å²) < 4.78 is 26.2. The van der Waals surface area contributed by atoms with Crippen molar-refractivity contribution in [3.05, 3.63) is 64.6 Å². The van der Waals surface area contributed by atoms with Crippen molar-refractivity contribution < 1.29 is 18.3 Å². The van der Waals surface area contributed by atoms with Gasteiger partial charge in [0.2, 0.25) is 0 Å². The molecule has 22 heavy (non-hydrogen) atoms. The monoisotopic (exact) mass is 382 g/mol.